The van der Waals surface area contributed by atoms with Gasteiger partial charge in [0.05, 0.1) is 5.69 Å². The standard InChI is InChI=1S/C16H15NO2/c1-12(18)17-15-10-9-14(11-16(15)19)8-7-13-5-3-2-4-6-13/h2-11,19H,1H3,(H,17,18)/b8-7+. The summed E-state index contributed by atoms with van der Waals surface area (Å²) >= 11 is 0. The van der Waals surface area contributed by atoms with E-state index in [0.29, 0.717) is 5.69 Å². The van der Waals surface area contributed by atoms with Gasteiger partial charge in [0.15, 0.2) is 0 Å². The molecule has 1 amide bonds. The first kappa shape index (κ1) is 12.9. The minimum atomic E-state index is -0.206. The number of aromatic hydroxyl groups is 1. The fourth-order valence-electron chi connectivity index (χ4n) is 1.70. The third-order valence-corrected chi connectivity index (χ3v) is 2.60. The number of nitrogens with one attached hydrogen (secondary N) is 1. The number of phenolic OH excluding ortho intramolecular Hbond substituents is 1. The second-order valence-corrected chi connectivity index (χ2v) is 4.20. The average molecular weight is 253 g/mol. The Balaban J connectivity index is 2.16. The topological polar surface area (TPSA) is 49.3 Å². The van der Waals surface area contributed by atoms with Gasteiger partial charge in [-0.3, -0.25) is 4.79 Å². The summed E-state index contributed by atoms with van der Waals surface area (Å²) in [6.45, 7) is 1.41. The molecule has 0 bridgehead atoms. The van der Waals surface area contributed by atoms with Crippen molar-refractivity contribution in [2.75, 3.05) is 5.32 Å². The van der Waals surface area contributed by atoms with E-state index in [1.165, 1.54) is 6.92 Å². The van der Waals surface area contributed by atoms with Crippen molar-refractivity contribution in [3.63, 3.8) is 0 Å². The second kappa shape index (κ2) is 5.87. The number of benzene rings is 2. The first-order valence-corrected chi connectivity index (χ1v) is 5.99. The predicted octanol–water partition coefficient (Wildman–Crippen LogP) is 3.52. The smallest absolute Gasteiger partial charge is 0.221 e. The van der Waals surface area contributed by atoms with Crippen LogP contribution < -0.4 is 5.32 Å². The van der Waals surface area contributed by atoms with Crippen molar-refractivity contribution in [2.45, 2.75) is 6.92 Å². The number of hydrogen-bond donors (Lipinski definition) is 2. The minimum Gasteiger partial charge on any atom is -0.506 e. The molecular weight excluding hydrogens is 238 g/mol. The van der Waals surface area contributed by atoms with E-state index in [1.807, 2.05) is 48.6 Å². The Morgan fingerprint density at radius 1 is 1.05 bits per heavy atom. The van der Waals surface area contributed by atoms with Crippen LogP contribution in [0.25, 0.3) is 12.2 Å². The van der Waals surface area contributed by atoms with Gasteiger partial charge in [-0.25, -0.2) is 0 Å². The Bertz CT molecular complexity index is 603. The van der Waals surface area contributed by atoms with Gasteiger partial charge < -0.3 is 10.4 Å². The molecule has 3 heteroatoms. The molecule has 0 aliphatic heterocycles. The number of rotatable bonds is 3. The lowest BCUT2D eigenvalue weighted by atomic mass is 10.1. The highest BCUT2D eigenvalue weighted by Gasteiger charge is 2.02. The van der Waals surface area contributed by atoms with Crippen molar-refractivity contribution in [1.29, 1.82) is 0 Å². The van der Waals surface area contributed by atoms with Crippen LogP contribution in [-0.2, 0) is 4.79 Å². The maximum Gasteiger partial charge on any atom is 0.221 e. The molecule has 2 rings (SSSR count). The predicted molar refractivity (Wildman–Crippen MR) is 77.8 cm³/mol. The quantitative estimate of drug-likeness (QED) is 0.649. The highest BCUT2D eigenvalue weighted by molar-refractivity contribution is 5.90. The molecule has 2 aromatic rings. The van der Waals surface area contributed by atoms with E-state index in [0.717, 1.165) is 11.1 Å². The summed E-state index contributed by atoms with van der Waals surface area (Å²) < 4.78 is 0. The number of hydrogen-bond acceptors (Lipinski definition) is 2. The zero-order chi connectivity index (χ0) is 13.7. The van der Waals surface area contributed by atoms with Gasteiger partial charge in [0.1, 0.15) is 5.75 Å². The van der Waals surface area contributed by atoms with E-state index in [1.54, 1.807) is 12.1 Å². The molecule has 2 N–H and O–H groups in total. The Labute approximate surface area is 112 Å². The molecule has 19 heavy (non-hydrogen) atoms. The van der Waals surface area contributed by atoms with Crippen LogP contribution in [0.5, 0.6) is 5.75 Å². The summed E-state index contributed by atoms with van der Waals surface area (Å²) in [5, 5.41) is 12.3. The van der Waals surface area contributed by atoms with E-state index >= 15 is 0 Å². The van der Waals surface area contributed by atoms with Crippen LogP contribution in [0.4, 0.5) is 5.69 Å². The molecule has 0 aromatic heterocycles. The van der Waals surface area contributed by atoms with Crippen LogP contribution in [0.1, 0.15) is 18.1 Å². The molecule has 3 nitrogen and oxygen atoms in total. The van der Waals surface area contributed by atoms with Crippen LogP contribution in [0.3, 0.4) is 0 Å². The molecule has 0 fully saturated rings. The molecule has 96 valence electrons. The first-order chi connectivity index (χ1) is 9.15. The zero-order valence-electron chi connectivity index (χ0n) is 10.6. The maximum absolute atomic E-state index is 10.9. The fourth-order valence-corrected chi connectivity index (χ4v) is 1.70. The second-order valence-electron chi connectivity index (χ2n) is 4.20. The molecule has 0 saturated heterocycles. The van der Waals surface area contributed by atoms with Gasteiger partial charge in [-0.05, 0) is 23.3 Å². The van der Waals surface area contributed by atoms with Crippen molar-refractivity contribution in [1.82, 2.24) is 0 Å². The Kier molecular flexibility index (Phi) is 3.98. The van der Waals surface area contributed by atoms with Crippen molar-refractivity contribution in [3.05, 3.63) is 59.7 Å². The largest absolute Gasteiger partial charge is 0.506 e. The molecule has 0 radical (unpaired) electrons. The van der Waals surface area contributed by atoms with Crippen LogP contribution in [-0.4, -0.2) is 11.0 Å². The van der Waals surface area contributed by atoms with Gasteiger partial charge in [0, 0.05) is 6.92 Å². The van der Waals surface area contributed by atoms with Gasteiger partial charge >= 0.3 is 0 Å². The highest BCUT2D eigenvalue weighted by Crippen LogP contribution is 2.25. The lowest BCUT2D eigenvalue weighted by Gasteiger charge is -2.05. The van der Waals surface area contributed by atoms with Gasteiger partial charge in [0.2, 0.25) is 5.91 Å². The van der Waals surface area contributed by atoms with Gasteiger partial charge in [-0.2, -0.15) is 0 Å². The summed E-state index contributed by atoms with van der Waals surface area (Å²) in [6.07, 6.45) is 3.87. The zero-order valence-corrected chi connectivity index (χ0v) is 10.6. The number of carbonyl (C=O) groups excluding carboxylic acids is 1. The summed E-state index contributed by atoms with van der Waals surface area (Å²) in [4.78, 5) is 10.9. The van der Waals surface area contributed by atoms with Crippen molar-refractivity contribution < 1.29 is 9.90 Å². The lowest BCUT2D eigenvalue weighted by molar-refractivity contribution is -0.114. The Morgan fingerprint density at radius 3 is 2.37 bits per heavy atom. The van der Waals surface area contributed by atoms with Gasteiger partial charge in [-0.1, -0.05) is 48.6 Å². The third kappa shape index (κ3) is 3.71. The molecule has 0 aliphatic carbocycles. The van der Waals surface area contributed by atoms with Crippen LogP contribution in [0, 0.1) is 0 Å². The van der Waals surface area contributed by atoms with Crippen molar-refractivity contribution in [2.24, 2.45) is 0 Å². The van der Waals surface area contributed by atoms with E-state index in [-0.39, 0.29) is 11.7 Å². The van der Waals surface area contributed by atoms with Gasteiger partial charge in [-0.15, -0.1) is 0 Å². The van der Waals surface area contributed by atoms with E-state index < -0.39 is 0 Å². The molecule has 0 unspecified atom stereocenters. The van der Waals surface area contributed by atoms with Crippen LogP contribution >= 0.6 is 0 Å². The fraction of sp³-hybridized carbons (Fsp3) is 0.0625. The molecule has 0 saturated carbocycles. The summed E-state index contributed by atoms with van der Waals surface area (Å²) in [5.74, 6) is -0.145. The number of amides is 1. The van der Waals surface area contributed by atoms with Gasteiger partial charge in [0.25, 0.3) is 0 Å². The summed E-state index contributed by atoms with van der Waals surface area (Å²) in [6, 6.07) is 15.0. The average Bonchev–Trinajstić information content (AvgIpc) is 2.40. The summed E-state index contributed by atoms with van der Waals surface area (Å²) in [7, 11) is 0. The highest BCUT2D eigenvalue weighted by atomic mass is 16.3. The molecule has 0 heterocycles. The Hall–Kier alpha value is -2.55. The Morgan fingerprint density at radius 2 is 1.74 bits per heavy atom. The van der Waals surface area contributed by atoms with Crippen LogP contribution in [0.2, 0.25) is 0 Å². The molecule has 0 spiro atoms. The molecule has 0 aliphatic rings. The van der Waals surface area contributed by atoms with Crippen LogP contribution in [0.15, 0.2) is 48.5 Å². The monoisotopic (exact) mass is 253 g/mol. The van der Waals surface area contributed by atoms with E-state index in [4.69, 9.17) is 0 Å². The van der Waals surface area contributed by atoms with Crippen molar-refractivity contribution >= 4 is 23.7 Å². The van der Waals surface area contributed by atoms with Crippen molar-refractivity contribution in [3.8, 4) is 5.75 Å². The normalized spacial score (nSPS) is 10.6. The molecule has 0 atom stereocenters. The lowest BCUT2D eigenvalue weighted by Crippen LogP contribution is -2.05. The number of anilines is 1. The molecular formula is C16H15NO2. The molecule has 2 aromatic carbocycles. The maximum atomic E-state index is 10.9. The number of carbonyl (C=O) groups is 1. The first-order valence-electron chi connectivity index (χ1n) is 5.99. The minimum absolute atomic E-state index is 0.0606. The van der Waals surface area contributed by atoms with E-state index in [2.05, 4.69) is 5.32 Å². The third-order valence-electron chi connectivity index (χ3n) is 2.60. The number of phenols is 1. The SMILES string of the molecule is CC(=O)Nc1ccc(/C=C/c2ccccc2)cc1O. The van der Waals surface area contributed by atoms with E-state index in [9.17, 15) is 9.90 Å². The summed E-state index contributed by atoms with van der Waals surface area (Å²) in [5.41, 5.74) is 2.38.